The number of nitrogens with two attached hydrogens (primary N) is 1. The minimum atomic E-state index is 0. The van der Waals surface area contributed by atoms with E-state index in [2.05, 4.69) is 0 Å². The predicted molar refractivity (Wildman–Crippen MR) is 82.1 cm³/mol. The lowest BCUT2D eigenvalue weighted by atomic mass is 9.85. The Hall–Kier alpha value is -0.360. The van der Waals surface area contributed by atoms with Crippen LogP contribution in [0.1, 0.15) is 32.1 Å². The number of ether oxygens (including phenoxy) is 2. The fourth-order valence-corrected chi connectivity index (χ4v) is 2.64. The van der Waals surface area contributed by atoms with Gasteiger partial charge < -0.3 is 20.1 Å². The Balaban J connectivity index is 0.00000361. The van der Waals surface area contributed by atoms with Gasteiger partial charge in [0.25, 0.3) is 0 Å². The molecule has 0 spiro atoms. The summed E-state index contributed by atoms with van der Waals surface area (Å²) in [5, 5.41) is 0. The van der Waals surface area contributed by atoms with E-state index in [4.69, 9.17) is 15.2 Å². The highest BCUT2D eigenvalue weighted by atomic mass is 35.5. The molecule has 0 aromatic heterocycles. The van der Waals surface area contributed by atoms with E-state index in [1.165, 1.54) is 0 Å². The summed E-state index contributed by atoms with van der Waals surface area (Å²) in [6, 6.07) is 0.186. The van der Waals surface area contributed by atoms with E-state index in [0.717, 1.165) is 38.6 Å². The molecule has 120 valence electrons. The zero-order valence-electron chi connectivity index (χ0n) is 12.7. The van der Waals surface area contributed by atoms with Crippen molar-refractivity contribution in [1.82, 2.24) is 4.90 Å². The predicted octanol–water partition coefficient (Wildman–Crippen LogP) is 1.44. The van der Waals surface area contributed by atoms with Crippen LogP contribution < -0.4 is 5.73 Å². The highest BCUT2D eigenvalue weighted by Crippen LogP contribution is 2.25. The lowest BCUT2D eigenvalue weighted by Gasteiger charge is -2.31. The van der Waals surface area contributed by atoms with Gasteiger partial charge in [-0.05, 0) is 25.7 Å². The fraction of sp³-hybridized carbons (Fsp3) is 0.929. The number of halogens is 1. The molecule has 1 amide bonds. The summed E-state index contributed by atoms with van der Waals surface area (Å²) in [4.78, 5) is 14.4. The molecule has 2 atom stereocenters. The zero-order chi connectivity index (χ0) is 14.1. The van der Waals surface area contributed by atoms with Crippen LogP contribution in [-0.4, -0.2) is 57.4 Å². The molecule has 20 heavy (non-hydrogen) atoms. The number of hydrogen-bond donors (Lipinski definition) is 1. The maximum Gasteiger partial charge on any atom is 0.225 e. The van der Waals surface area contributed by atoms with Crippen LogP contribution in [0.25, 0.3) is 0 Å². The molecule has 0 aliphatic heterocycles. The Morgan fingerprint density at radius 1 is 1.20 bits per heavy atom. The molecule has 6 heteroatoms. The molecular weight excluding hydrogens is 280 g/mol. The van der Waals surface area contributed by atoms with Crippen LogP contribution in [0.2, 0.25) is 0 Å². The summed E-state index contributed by atoms with van der Waals surface area (Å²) in [5.74, 6) is 0.339. The molecule has 0 aromatic carbocycles. The molecule has 0 radical (unpaired) electrons. The van der Waals surface area contributed by atoms with Gasteiger partial charge in [-0.15, -0.1) is 12.4 Å². The van der Waals surface area contributed by atoms with Gasteiger partial charge in [0.05, 0.1) is 6.61 Å². The number of carbonyl (C=O) groups is 1. The summed E-state index contributed by atoms with van der Waals surface area (Å²) in [5.41, 5.74) is 5.97. The van der Waals surface area contributed by atoms with Crippen molar-refractivity contribution in [3.63, 3.8) is 0 Å². The lowest BCUT2D eigenvalue weighted by Crippen LogP contribution is -2.42. The maximum absolute atomic E-state index is 12.5. The number of amides is 1. The molecule has 1 aliphatic rings. The van der Waals surface area contributed by atoms with E-state index in [1.54, 1.807) is 14.2 Å². The Bertz CT molecular complexity index is 267. The van der Waals surface area contributed by atoms with Crippen molar-refractivity contribution in [2.45, 2.75) is 38.1 Å². The van der Waals surface area contributed by atoms with Gasteiger partial charge in [0, 0.05) is 45.9 Å². The summed E-state index contributed by atoms with van der Waals surface area (Å²) in [7, 11) is 3.34. The van der Waals surface area contributed by atoms with Gasteiger partial charge in [-0.25, -0.2) is 0 Å². The highest BCUT2D eigenvalue weighted by Gasteiger charge is 2.28. The van der Waals surface area contributed by atoms with Gasteiger partial charge >= 0.3 is 0 Å². The monoisotopic (exact) mass is 308 g/mol. The standard InChI is InChI=1S/C14H28N2O3.ClH/c1-18-9-4-7-16(8-10-19-2)14(17)12-5-3-6-13(15)11-12;/h12-13H,3-11,15H2,1-2H3;1H. The molecule has 1 saturated carbocycles. The molecule has 2 unspecified atom stereocenters. The molecule has 1 aliphatic carbocycles. The van der Waals surface area contributed by atoms with Crippen molar-refractivity contribution in [2.24, 2.45) is 11.7 Å². The van der Waals surface area contributed by atoms with E-state index in [-0.39, 0.29) is 30.3 Å². The summed E-state index contributed by atoms with van der Waals surface area (Å²) in [6.07, 6.45) is 4.77. The van der Waals surface area contributed by atoms with Crippen molar-refractivity contribution in [3.05, 3.63) is 0 Å². The molecular formula is C14H29ClN2O3. The molecule has 5 nitrogen and oxygen atoms in total. The van der Waals surface area contributed by atoms with Crippen LogP contribution in [-0.2, 0) is 14.3 Å². The summed E-state index contributed by atoms with van der Waals surface area (Å²) < 4.78 is 10.1. The first-order chi connectivity index (χ1) is 9.19. The number of carbonyl (C=O) groups excluding carboxylic acids is 1. The third kappa shape index (κ3) is 6.88. The first-order valence-corrected chi connectivity index (χ1v) is 7.21. The molecule has 2 N–H and O–H groups in total. The minimum Gasteiger partial charge on any atom is -0.385 e. The largest absolute Gasteiger partial charge is 0.385 e. The van der Waals surface area contributed by atoms with E-state index < -0.39 is 0 Å². The van der Waals surface area contributed by atoms with Gasteiger partial charge in [-0.1, -0.05) is 6.42 Å². The van der Waals surface area contributed by atoms with Gasteiger partial charge in [-0.3, -0.25) is 4.79 Å². The first-order valence-electron chi connectivity index (χ1n) is 7.21. The van der Waals surface area contributed by atoms with Crippen LogP contribution in [0.4, 0.5) is 0 Å². The molecule has 0 aromatic rings. The fourth-order valence-electron chi connectivity index (χ4n) is 2.64. The van der Waals surface area contributed by atoms with Gasteiger partial charge in [0.1, 0.15) is 0 Å². The Kier molecular flexibility index (Phi) is 11.1. The van der Waals surface area contributed by atoms with Crippen LogP contribution in [0.5, 0.6) is 0 Å². The second-order valence-corrected chi connectivity index (χ2v) is 5.29. The van der Waals surface area contributed by atoms with Crippen molar-refractivity contribution in [1.29, 1.82) is 0 Å². The molecule has 1 rings (SSSR count). The van der Waals surface area contributed by atoms with E-state index in [0.29, 0.717) is 19.8 Å². The molecule has 0 heterocycles. The third-order valence-corrected chi connectivity index (χ3v) is 3.72. The molecule has 0 bridgehead atoms. The topological polar surface area (TPSA) is 64.8 Å². The van der Waals surface area contributed by atoms with E-state index in [9.17, 15) is 4.79 Å². The number of nitrogens with zero attached hydrogens (tertiary/aromatic N) is 1. The van der Waals surface area contributed by atoms with Crippen LogP contribution in [0.3, 0.4) is 0 Å². The van der Waals surface area contributed by atoms with Crippen LogP contribution >= 0.6 is 12.4 Å². The smallest absolute Gasteiger partial charge is 0.225 e. The first kappa shape index (κ1) is 19.6. The maximum atomic E-state index is 12.5. The number of hydrogen-bond acceptors (Lipinski definition) is 4. The van der Waals surface area contributed by atoms with Gasteiger partial charge in [0.15, 0.2) is 0 Å². The van der Waals surface area contributed by atoms with E-state index in [1.807, 2.05) is 4.90 Å². The van der Waals surface area contributed by atoms with Crippen molar-refractivity contribution in [2.75, 3.05) is 40.5 Å². The van der Waals surface area contributed by atoms with Crippen molar-refractivity contribution < 1.29 is 14.3 Å². The quantitative estimate of drug-likeness (QED) is 0.689. The second kappa shape index (κ2) is 11.3. The normalized spacial score (nSPS) is 22.1. The van der Waals surface area contributed by atoms with Crippen molar-refractivity contribution in [3.8, 4) is 0 Å². The SMILES string of the molecule is COCCCN(CCOC)C(=O)C1CCCC(N)C1.Cl. The molecule has 0 saturated heterocycles. The average Bonchev–Trinajstić information content (AvgIpc) is 2.42. The van der Waals surface area contributed by atoms with Crippen molar-refractivity contribution >= 4 is 18.3 Å². The number of rotatable bonds is 8. The third-order valence-electron chi connectivity index (χ3n) is 3.72. The highest BCUT2D eigenvalue weighted by molar-refractivity contribution is 5.85. The average molecular weight is 309 g/mol. The summed E-state index contributed by atoms with van der Waals surface area (Å²) in [6.45, 7) is 2.66. The Morgan fingerprint density at radius 3 is 2.50 bits per heavy atom. The Labute approximate surface area is 128 Å². The van der Waals surface area contributed by atoms with Crippen LogP contribution in [0, 0.1) is 5.92 Å². The number of methoxy groups -OCH3 is 2. The second-order valence-electron chi connectivity index (χ2n) is 5.29. The Morgan fingerprint density at radius 2 is 1.90 bits per heavy atom. The summed E-state index contributed by atoms with van der Waals surface area (Å²) >= 11 is 0. The van der Waals surface area contributed by atoms with Gasteiger partial charge in [0.2, 0.25) is 5.91 Å². The van der Waals surface area contributed by atoms with Crippen LogP contribution in [0.15, 0.2) is 0 Å². The lowest BCUT2D eigenvalue weighted by molar-refractivity contribution is -0.137. The minimum absolute atomic E-state index is 0. The zero-order valence-corrected chi connectivity index (χ0v) is 13.5. The van der Waals surface area contributed by atoms with Gasteiger partial charge in [-0.2, -0.15) is 0 Å². The molecule has 1 fully saturated rings. The van der Waals surface area contributed by atoms with E-state index >= 15 is 0 Å².